The van der Waals surface area contributed by atoms with Crippen LogP contribution < -0.4 is 19.1 Å². The zero-order chi connectivity index (χ0) is 21.7. The summed E-state index contributed by atoms with van der Waals surface area (Å²) in [5.41, 5.74) is 0.186. The molecule has 7 nitrogen and oxygen atoms in total. The molecular formula is C21H25FN2O5S. The number of hydrogen-bond donors (Lipinski definition) is 1. The molecule has 1 amide bonds. The number of ether oxygens (including phenoxy) is 2. The summed E-state index contributed by atoms with van der Waals surface area (Å²) >= 11 is 0. The first-order chi connectivity index (χ1) is 14.3. The minimum Gasteiger partial charge on any atom is -0.486 e. The molecule has 0 spiro atoms. The molecule has 1 aliphatic heterocycles. The maximum Gasteiger partial charge on any atom is 0.264 e. The second-order valence-corrected chi connectivity index (χ2v) is 8.74. The van der Waals surface area contributed by atoms with Gasteiger partial charge in [0.05, 0.1) is 10.6 Å². The van der Waals surface area contributed by atoms with Crippen molar-refractivity contribution in [2.75, 3.05) is 24.1 Å². The van der Waals surface area contributed by atoms with Crippen LogP contribution in [0.3, 0.4) is 0 Å². The number of carbonyl (C=O) groups is 1. The van der Waals surface area contributed by atoms with Gasteiger partial charge in [-0.15, -0.1) is 0 Å². The molecule has 1 aliphatic rings. The highest BCUT2D eigenvalue weighted by Crippen LogP contribution is 2.34. The Morgan fingerprint density at radius 1 is 1.07 bits per heavy atom. The van der Waals surface area contributed by atoms with E-state index in [9.17, 15) is 17.6 Å². The lowest BCUT2D eigenvalue weighted by molar-refractivity contribution is -0.120. The molecule has 9 heteroatoms. The molecule has 30 heavy (non-hydrogen) atoms. The smallest absolute Gasteiger partial charge is 0.264 e. The second-order valence-electron chi connectivity index (χ2n) is 6.87. The summed E-state index contributed by atoms with van der Waals surface area (Å²) in [6.07, 6.45) is 1.46. The van der Waals surface area contributed by atoms with E-state index < -0.39 is 28.3 Å². The number of nitrogens with one attached hydrogen (secondary N) is 1. The van der Waals surface area contributed by atoms with Gasteiger partial charge in [-0.1, -0.05) is 13.8 Å². The number of anilines is 1. The lowest BCUT2D eigenvalue weighted by Crippen LogP contribution is -2.44. The average Bonchev–Trinajstić information content (AvgIpc) is 2.76. The van der Waals surface area contributed by atoms with E-state index in [0.29, 0.717) is 24.7 Å². The molecule has 1 heterocycles. The molecule has 2 aromatic rings. The van der Waals surface area contributed by atoms with Crippen molar-refractivity contribution in [1.29, 1.82) is 0 Å². The summed E-state index contributed by atoms with van der Waals surface area (Å²) in [5.74, 6) is -0.158. The van der Waals surface area contributed by atoms with E-state index in [2.05, 4.69) is 5.32 Å². The molecule has 0 radical (unpaired) electrons. The topological polar surface area (TPSA) is 84.9 Å². The summed E-state index contributed by atoms with van der Waals surface area (Å²) in [4.78, 5) is 12.5. The molecule has 0 saturated heterocycles. The van der Waals surface area contributed by atoms with Crippen molar-refractivity contribution >= 4 is 21.6 Å². The van der Waals surface area contributed by atoms with Crippen molar-refractivity contribution < 1.29 is 27.1 Å². The van der Waals surface area contributed by atoms with Gasteiger partial charge >= 0.3 is 0 Å². The number of benzene rings is 2. The summed E-state index contributed by atoms with van der Waals surface area (Å²) in [6, 6.07) is 9.21. The van der Waals surface area contributed by atoms with E-state index >= 15 is 0 Å². The van der Waals surface area contributed by atoms with Crippen LogP contribution in [0.2, 0.25) is 0 Å². The van der Waals surface area contributed by atoms with Crippen LogP contribution in [0.1, 0.15) is 26.7 Å². The van der Waals surface area contributed by atoms with E-state index in [1.165, 1.54) is 30.3 Å². The standard InChI is InChI=1S/C21H25FN2O5S/c1-3-16(4-2)23-21(25)14-24(17-7-5-15(22)6-8-17)30(26,27)18-9-10-19-20(13-18)29-12-11-28-19/h5-10,13,16H,3-4,11-12,14H2,1-2H3,(H,23,25). The number of amides is 1. The Balaban J connectivity index is 1.96. The molecule has 3 rings (SSSR count). The predicted molar refractivity (Wildman–Crippen MR) is 111 cm³/mol. The lowest BCUT2D eigenvalue weighted by Gasteiger charge is -2.26. The molecule has 0 fully saturated rings. The first kappa shape index (κ1) is 21.9. The van der Waals surface area contributed by atoms with E-state index in [1.54, 1.807) is 0 Å². The van der Waals surface area contributed by atoms with E-state index in [0.717, 1.165) is 29.3 Å². The monoisotopic (exact) mass is 436 g/mol. The molecule has 0 aromatic heterocycles. The van der Waals surface area contributed by atoms with Crippen molar-refractivity contribution in [1.82, 2.24) is 5.32 Å². The molecule has 0 atom stereocenters. The van der Waals surface area contributed by atoms with Gasteiger partial charge in [-0.25, -0.2) is 12.8 Å². The van der Waals surface area contributed by atoms with Gasteiger partial charge in [0.2, 0.25) is 5.91 Å². The molecule has 1 N–H and O–H groups in total. The normalized spacial score (nSPS) is 13.2. The number of carbonyl (C=O) groups excluding carboxylic acids is 1. The van der Waals surface area contributed by atoms with Crippen LogP contribution in [-0.2, 0) is 14.8 Å². The minimum atomic E-state index is -4.13. The lowest BCUT2D eigenvalue weighted by atomic mass is 10.2. The first-order valence-corrected chi connectivity index (χ1v) is 11.3. The van der Waals surface area contributed by atoms with Crippen molar-refractivity contribution in [2.24, 2.45) is 0 Å². The van der Waals surface area contributed by atoms with Crippen molar-refractivity contribution in [2.45, 2.75) is 37.6 Å². The maximum atomic E-state index is 13.4. The van der Waals surface area contributed by atoms with Gasteiger partial charge in [0, 0.05) is 12.1 Å². The molecular weight excluding hydrogens is 411 g/mol. The van der Waals surface area contributed by atoms with Gasteiger partial charge < -0.3 is 14.8 Å². The second kappa shape index (κ2) is 9.34. The van der Waals surface area contributed by atoms with E-state index in [1.807, 2.05) is 13.8 Å². The fraction of sp³-hybridized carbons (Fsp3) is 0.381. The quantitative estimate of drug-likeness (QED) is 0.687. The van der Waals surface area contributed by atoms with Gasteiger partial charge in [0.15, 0.2) is 11.5 Å². The van der Waals surface area contributed by atoms with Crippen LogP contribution in [0.15, 0.2) is 47.4 Å². The number of nitrogens with zero attached hydrogens (tertiary/aromatic N) is 1. The van der Waals surface area contributed by atoms with Gasteiger partial charge in [0.1, 0.15) is 25.6 Å². The van der Waals surface area contributed by atoms with Crippen LogP contribution >= 0.6 is 0 Å². The Labute approximate surface area is 175 Å². The highest BCUT2D eigenvalue weighted by molar-refractivity contribution is 7.92. The summed E-state index contributed by atoms with van der Waals surface area (Å²) in [6.45, 7) is 4.15. The summed E-state index contributed by atoms with van der Waals surface area (Å²) < 4.78 is 52.1. The van der Waals surface area contributed by atoms with Crippen LogP contribution in [0.25, 0.3) is 0 Å². The van der Waals surface area contributed by atoms with Crippen LogP contribution in [0, 0.1) is 5.82 Å². The third-order valence-electron chi connectivity index (χ3n) is 4.85. The SMILES string of the molecule is CCC(CC)NC(=O)CN(c1ccc(F)cc1)S(=O)(=O)c1ccc2c(c1)OCCO2. The first-order valence-electron chi connectivity index (χ1n) is 9.82. The summed E-state index contributed by atoms with van der Waals surface area (Å²) in [5, 5.41) is 2.84. The Bertz CT molecular complexity index is 991. The van der Waals surface area contributed by atoms with Gasteiger partial charge in [-0.2, -0.15) is 0 Å². The fourth-order valence-electron chi connectivity index (χ4n) is 3.13. The fourth-order valence-corrected chi connectivity index (χ4v) is 4.57. The van der Waals surface area contributed by atoms with Crippen molar-refractivity contribution in [3.05, 3.63) is 48.3 Å². The Morgan fingerprint density at radius 2 is 1.70 bits per heavy atom. The summed E-state index contributed by atoms with van der Waals surface area (Å²) in [7, 11) is -4.13. The number of rotatable bonds is 8. The molecule has 0 bridgehead atoms. The number of halogens is 1. The predicted octanol–water partition coefficient (Wildman–Crippen LogP) is 3.10. The Hall–Kier alpha value is -2.81. The van der Waals surface area contributed by atoms with Crippen LogP contribution in [-0.4, -0.2) is 40.1 Å². The average molecular weight is 437 g/mol. The number of fused-ring (bicyclic) bond motifs is 1. The van der Waals surface area contributed by atoms with Crippen molar-refractivity contribution in [3.8, 4) is 11.5 Å². The largest absolute Gasteiger partial charge is 0.486 e. The third kappa shape index (κ3) is 4.84. The molecule has 0 aliphatic carbocycles. The molecule has 2 aromatic carbocycles. The zero-order valence-electron chi connectivity index (χ0n) is 16.9. The molecule has 162 valence electrons. The van der Waals surface area contributed by atoms with Gasteiger partial charge in [-0.05, 0) is 49.2 Å². The Kier molecular flexibility index (Phi) is 6.81. The van der Waals surface area contributed by atoms with E-state index in [4.69, 9.17) is 9.47 Å². The number of hydrogen-bond acceptors (Lipinski definition) is 5. The third-order valence-corrected chi connectivity index (χ3v) is 6.62. The van der Waals surface area contributed by atoms with Crippen molar-refractivity contribution in [3.63, 3.8) is 0 Å². The Morgan fingerprint density at radius 3 is 2.33 bits per heavy atom. The highest BCUT2D eigenvalue weighted by Gasteiger charge is 2.29. The molecule has 0 saturated carbocycles. The number of sulfonamides is 1. The highest BCUT2D eigenvalue weighted by atomic mass is 32.2. The molecule has 0 unspecified atom stereocenters. The maximum absolute atomic E-state index is 13.4. The van der Waals surface area contributed by atoms with Gasteiger partial charge in [0.25, 0.3) is 10.0 Å². The van der Waals surface area contributed by atoms with Crippen LogP contribution in [0.5, 0.6) is 11.5 Å². The van der Waals surface area contributed by atoms with Crippen LogP contribution in [0.4, 0.5) is 10.1 Å². The zero-order valence-corrected chi connectivity index (χ0v) is 17.7. The van der Waals surface area contributed by atoms with E-state index in [-0.39, 0.29) is 16.6 Å². The van der Waals surface area contributed by atoms with Gasteiger partial charge in [-0.3, -0.25) is 9.10 Å². The minimum absolute atomic E-state index is 0.0496.